The largest absolute Gasteiger partial charge is 0.337 e. The predicted molar refractivity (Wildman–Crippen MR) is 196 cm³/mol. The van der Waals surface area contributed by atoms with Gasteiger partial charge in [-0.1, -0.05) is 66.7 Å². The van der Waals surface area contributed by atoms with Crippen LogP contribution < -0.4 is 10.6 Å². The zero-order chi connectivity index (χ0) is 33.9. The summed E-state index contributed by atoms with van der Waals surface area (Å²) in [5.74, 6) is 0.636. The van der Waals surface area contributed by atoms with Crippen molar-refractivity contribution in [2.45, 2.75) is 20.8 Å². The number of carbonyl (C=O) groups excluding carboxylic acids is 2. The van der Waals surface area contributed by atoms with Crippen LogP contribution in [0.2, 0.25) is 0 Å². The fourth-order valence-electron chi connectivity index (χ4n) is 5.66. The molecule has 49 heavy (non-hydrogen) atoms. The number of amides is 2. The maximum absolute atomic E-state index is 13.3. The second-order valence-electron chi connectivity index (χ2n) is 12.1. The van der Waals surface area contributed by atoms with Gasteiger partial charge in [0.1, 0.15) is 0 Å². The molecule has 0 unspecified atom stereocenters. The first-order valence-electron chi connectivity index (χ1n) is 16.0. The van der Waals surface area contributed by atoms with Crippen molar-refractivity contribution in [3.05, 3.63) is 166 Å². The van der Waals surface area contributed by atoms with E-state index in [0.29, 0.717) is 34.2 Å². The normalized spacial score (nSPS) is 12.0. The van der Waals surface area contributed by atoms with Crippen LogP contribution >= 0.6 is 0 Å². The van der Waals surface area contributed by atoms with Crippen LogP contribution in [0.25, 0.3) is 45.6 Å². The molecule has 2 heterocycles. The molecule has 4 N–H and O–H groups in total. The highest BCUT2D eigenvalue weighted by Gasteiger charge is 2.16. The van der Waals surface area contributed by atoms with E-state index in [-0.39, 0.29) is 11.8 Å². The number of benzene rings is 5. The molecular formula is C41H34N6O2. The molecule has 0 spiro atoms. The number of hydrogen-bond donors (Lipinski definition) is 4. The zero-order valence-corrected chi connectivity index (χ0v) is 27.3. The fourth-order valence-corrected chi connectivity index (χ4v) is 5.66. The van der Waals surface area contributed by atoms with Gasteiger partial charge in [0, 0.05) is 11.1 Å². The van der Waals surface area contributed by atoms with E-state index in [2.05, 4.69) is 20.6 Å². The van der Waals surface area contributed by atoms with Gasteiger partial charge in [-0.05, 0) is 109 Å². The summed E-state index contributed by atoms with van der Waals surface area (Å²) >= 11 is 0. The molecule has 0 aliphatic rings. The monoisotopic (exact) mass is 642 g/mol. The number of rotatable bonds is 8. The number of aromatic nitrogens is 4. The minimum atomic E-state index is -0.236. The number of carbonyl (C=O) groups is 2. The highest BCUT2D eigenvalue weighted by molar-refractivity contribution is 6.03. The third kappa shape index (κ3) is 6.94. The Balaban J connectivity index is 1.26. The second kappa shape index (κ2) is 13.3. The highest BCUT2D eigenvalue weighted by atomic mass is 16.2. The van der Waals surface area contributed by atoms with Crippen LogP contribution in [0, 0.1) is 20.8 Å². The van der Waals surface area contributed by atoms with Crippen molar-refractivity contribution in [2.24, 2.45) is 0 Å². The van der Waals surface area contributed by atoms with Gasteiger partial charge in [0.25, 0.3) is 11.8 Å². The lowest BCUT2D eigenvalue weighted by Gasteiger charge is -2.11. The zero-order valence-electron chi connectivity index (χ0n) is 27.3. The molecule has 0 radical (unpaired) electrons. The Bertz CT molecular complexity index is 2400. The first-order valence-corrected chi connectivity index (χ1v) is 16.0. The smallest absolute Gasteiger partial charge is 0.255 e. The molecule has 240 valence electrons. The van der Waals surface area contributed by atoms with Crippen molar-refractivity contribution >= 4 is 57.4 Å². The van der Waals surface area contributed by atoms with Gasteiger partial charge in [-0.3, -0.25) is 9.59 Å². The van der Waals surface area contributed by atoms with E-state index in [0.717, 1.165) is 49.9 Å². The highest BCUT2D eigenvalue weighted by Crippen LogP contribution is 2.24. The number of imidazole rings is 2. The second-order valence-corrected chi connectivity index (χ2v) is 12.1. The van der Waals surface area contributed by atoms with Crippen LogP contribution in [0.4, 0.5) is 0 Å². The van der Waals surface area contributed by atoms with Crippen molar-refractivity contribution in [1.29, 1.82) is 0 Å². The quantitative estimate of drug-likeness (QED) is 0.134. The summed E-state index contributed by atoms with van der Waals surface area (Å²) in [5, 5.41) is 6.15. The Kier molecular flexibility index (Phi) is 8.43. The van der Waals surface area contributed by atoms with Crippen LogP contribution in [-0.4, -0.2) is 31.8 Å². The Morgan fingerprint density at radius 1 is 0.571 bits per heavy atom. The van der Waals surface area contributed by atoms with Crippen molar-refractivity contribution in [3.63, 3.8) is 0 Å². The van der Waals surface area contributed by atoms with E-state index in [1.54, 1.807) is 24.3 Å². The van der Waals surface area contributed by atoms with Crippen LogP contribution in [-0.2, 0) is 0 Å². The minimum absolute atomic E-state index is 0.236. The first kappa shape index (κ1) is 31.1. The van der Waals surface area contributed by atoms with Crippen LogP contribution in [0.3, 0.4) is 0 Å². The number of aryl methyl sites for hydroxylation is 3. The number of nitrogens with zero attached hydrogens (tertiary/aromatic N) is 2. The molecule has 2 amide bonds. The Labute approximate surface area is 283 Å². The average Bonchev–Trinajstić information content (AvgIpc) is 3.73. The molecule has 0 saturated heterocycles. The molecule has 0 bridgehead atoms. The van der Waals surface area contributed by atoms with Gasteiger partial charge < -0.3 is 20.6 Å². The maximum Gasteiger partial charge on any atom is 0.255 e. The number of nitrogens with one attached hydrogen (secondary N) is 4. The predicted octanol–water partition coefficient (Wildman–Crippen LogP) is 8.22. The summed E-state index contributed by atoms with van der Waals surface area (Å²) in [7, 11) is 0. The molecule has 8 heteroatoms. The number of aromatic amines is 2. The number of fused-ring (bicyclic) bond motifs is 2. The molecule has 5 aromatic carbocycles. The van der Waals surface area contributed by atoms with Gasteiger partial charge in [0.05, 0.1) is 33.5 Å². The molecule has 2 aromatic heterocycles. The SMILES string of the molecule is Cc1ccc2[nH]c(/C(=C\c3ccc(/C=C(\NC(=O)c4ccccc4)c4nc5ccc(C)cc5[nH]4)c(C)c3)NC(=O)c3ccccc3)nc2c1. The summed E-state index contributed by atoms with van der Waals surface area (Å²) in [6, 6.07) is 36.2. The summed E-state index contributed by atoms with van der Waals surface area (Å²) in [5.41, 5.74) is 10.5. The van der Waals surface area contributed by atoms with Crippen molar-refractivity contribution in [2.75, 3.05) is 0 Å². The molecule has 7 aromatic rings. The standard InChI is InChI=1S/C41H34N6O2/c1-25-14-18-32-34(20-25)44-38(42-32)36(46-40(48)29-10-6-4-7-11-29)23-28-16-17-31(27(3)22-28)24-37(47-41(49)30-12-8-5-9-13-30)39-43-33-19-15-26(2)21-35(33)45-39/h4-24H,1-3H3,(H,42,44)(H,43,45)(H,46,48)(H,47,49)/b36-23+,37-24-. The van der Waals surface area contributed by atoms with Crippen LogP contribution in [0.1, 0.15) is 60.2 Å². The molecular weight excluding hydrogens is 608 g/mol. The molecule has 8 nitrogen and oxygen atoms in total. The Morgan fingerprint density at radius 2 is 1.14 bits per heavy atom. The Hall–Kier alpha value is -6.54. The maximum atomic E-state index is 13.3. The van der Waals surface area contributed by atoms with E-state index < -0.39 is 0 Å². The van der Waals surface area contributed by atoms with E-state index >= 15 is 0 Å². The lowest BCUT2D eigenvalue weighted by Crippen LogP contribution is -2.22. The molecule has 7 rings (SSSR count). The van der Waals surface area contributed by atoms with E-state index in [1.807, 2.05) is 124 Å². The summed E-state index contributed by atoms with van der Waals surface area (Å²) in [6.07, 6.45) is 3.83. The lowest BCUT2D eigenvalue weighted by atomic mass is 10.0. The number of H-pyrrole nitrogens is 2. The topological polar surface area (TPSA) is 116 Å². The van der Waals surface area contributed by atoms with Gasteiger partial charge in [-0.15, -0.1) is 0 Å². The van der Waals surface area contributed by atoms with Crippen molar-refractivity contribution in [1.82, 2.24) is 30.6 Å². The average molecular weight is 643 g/mol. The van der Waals surface area contributed by atoms with E-state index in [4.69, 9.17) is 9.97 Å². The van der Waals surface area contributed by atoms with E-state index in [9.17, 15) is 9.59 Å². The van der Waals surface area contributed by atoms with Crippen LogP contribution in [0.5, 0.6) is 0 Å². The van der Waals surface area contributed by atoms with Gasteiger partial charge in [0.2, 0.25) is 0 Å². The van der Waals surface area contributed by atoms with Gasteiger partial charge >= 0.3 is 0 Å². The molecule has 0 aliphatic heterocycles. The fraction of sp³-hybridized carbons (Fsp3) is 0.0732. The summed E-state index contributed by atoms with van der Waals surface area (Å²) < 4.78 is 0. The van der Waals surface area contributed by atoms with E-state index in [1.165, 1.54) is 0 Å². The van der Waals surface area contributed by atoms with Gasteiger partial charge in [0.15, 0.2) is 11.6 Å². The van der Waals surface area contributed by atoms with Crippen LogP contribution in [0.15, 0.2) is 115 Å². The van der Waals surface area contributed by atoms with Gasteiger partial charge in [-0.2, -0.15) is 0 Å². The summed E-state index contributed by atoms with van der Waals surface area (Å²) in [6.45, 7) is 6.06. The number of hydrogen-bond acceptors (Lipinski definition) is 4. The third-order valence-electron chi connectivity index (χ3n) is 8.26. The van der Waals surface area contributed by atoms with Crippen molar-refractivity contribution < 1.29 is 9.59 Å². The van der Waals surface area contributed by atoms with Gasteiger partial charge in [-0.25, -0.2) is 9.97 Å². The molecule has 0 fully saturated rings. The molecule has 0 aliphatic carbocycles. The molecule has 0 atom stereocenters. The molecule has 0 saturated carbocycles. The lowest BCUT2D eigenvalue weighted by molar-refractivity contribution is 0.0965. The first-order chi connectivity index (χ1) is 23.8. The van der Waals surface area contributed by atoms with Crippen molar-refractivity contribution in [3.8, 4) is 0 Å². The minimum Gasteiger partial charge on any atom is -0.337 e. The Morgan fingerprint density at radius 3 is 1.80 bits per heavy atom. The summed E-state index contributed by atoms with van der Waals surface area (Å²) in [4.78, 5) is 43.0. The third-order valence-corrected chi connectivity index (χ3v) is 8.26.